The van der Waals surface area contributed by atoms with E-state index in [2.05, 4.69) is 15.2 Å². The van der Waals surface area contributed by atoms with Crippen LogP contribution >= 0.6 is 0 Å². The molecule has 0 unspecified atom stereocenters. The van der Waals surface area contributed by atoms with Crippen molar-refractivity contribution in [2.24, 2.45) is 11.8 Å². The Hall–Kier alpha value is -2.65. The van der Waals surface area contributed by atoms with Gasteiger partial charge < -0.3 is 10.0 Å². The number of halogens is 3. The molecule has 10 heteroatoms. The molecular weight excluding hydrogens is 329 g/mol. The van der Waals surface area contributed by atoms with Crippen molar-refractivity contribution in [2.45, 2.75) is 13.1 Å². The zero-order chi connectivity index (χ0) is 17.6. The molecule has 0 aromatic carbocycles. The second-order valence-corrected chi connectivity index (χ2v) is 5.75. The van der Waals surface area contributed by atoms with Crippen LogP contribution in [0.2, 0.25) is 0 Å². The number of aryl methyl sites for hydroxylation is 1. The normalized spacial score (nSPS) is 21.4. The first-order valence-electron chi connectivity index (χ1n) is 7.08. The molecule has 7 nitrogen and oxygen atoms in total. The van der Waals surface area contributed by atoms with Crippen molar-refractivity contribution in [3.8, 4) is 0 Å². The molecule has 3 rings (SSSR count). The predicted octanol–water partition coefficient (Wildman–Crippen LogP) is 1.60. The second kappa shape index (κ2) is 5.46. The summed E-state index contributed by atoms with van der Waals surface area (Å²) in [5, 5.41) is 16.2. The Labute approximate surface area is 133 Å². The summed E-state index contributed by atoms with van der Waals surface area (Å²) in [6.45, 7) is 0.559. The van der Waals surface area contributed by atoms with Crippen LogP contribution in [0.5, 0.6) is 0 Å². The van der Waals surface area contributed by atoms with Crippen LogP contribution in [-0.2, 0) is 4.79 Å². The van der Waals surface area contributed by atoms with Crippen molar-refractivity contribution in [2.75, 3.05) is 13.1 Å². The summed E-state index contributed by atoms with van der Waals surface area (Å²) >= 11 is 0. The average Bonchev–Trinajstić information content (AvgIpc) is 3.11. The van der Waals surface area contributed by atoms with Gasteiger partial charge in [0.15, 0.2) is 5.65 Å². The first kappa shape index (κ1) is 16.2. The number of hydrogen-bond acceptors (Lipinski definition) is 4. The Morgan fingerprint density at radius 1 is 1.38 bits per heavy atom. The maximum atomic E-state index is 13.0. The molecule has 2 aromatic heterocycles. The van der Waals surface area contributed by atoms with E-state index in [1.54, 1.807) is 6.92 Å². The molecule has 0 aliphatic carbocycles. The molecule has 24 heavy (non-hydrogen) atoms. The van der Waals surface area contributed by atoms with Gasteiger partial charge in [-0.1, -0.05) is 0 Å². The van der Waals surface area contributed by atoms with E-state index < -0.39 is 43.0 Å². The zero-order valence-corrected chi connectivity index (χ0v) is 12.5. The lowest BCUT2D eigenvalue weighted by atomic mass is 9.96. The van der Waals surface area contributed by atoms with Gasteiger partial charge in [0.2, 0.25) is 0 Å². The molecule has 1 saturated heterocycles. The van der Waals surface area contributed by atoms with Crippen LogP contribution < -0.4 is 0 Å². The molecule has 0 bridgehead atoms. The van der Waals surface area contributed by atoms with Crippen LogP contribution in [0.25, 0.3) is 11.0 Å². The number of nitrogens with zero attached hydrogens (tertiary/aromatic N) is 3. The SMILES string of the molecule is Cc1[nH]nc2ncc(C(=O)N3C[C@@H](C(F)(F)F)[C@H](C(=O)O)C3)cc12. The molecule has 128 valence electrons. The number of carboxylic acid groups (broad SMARTS) is 1. The predicted molar refractivity (Wildman–Crippen MR) is 75.2 cm³/mol. The van der Waals surface area contributed by atoms with Crippen LogP contribution in [0.1, 0.15) is 16.1 Å². The van der Waals surface area contributed by atoms with Crippen molar-refractivity contribution in [1.29, 1.82) is 0 Å². The number of aliphatic carboxylic acids is 1. The lowest BCUT2D eigenvalue weighted by Gasteiger charge is -2.18. The summed E-state index contributed by atoms with van der Waals surface area (Å²) < 4.78 is 39.0. The summed E-state index contributed by atoms with van der Waals surface area (Å²) in [6.07, 6.45) is -3.46. The first-order valence-corrected chi connectivity index (χ1v) is 7.08. The first-order chi connectivity index (χ1) is 11.2. The number of H-pyrrole nitrogens is 1. The fraction of sp³-hybridized carbons (Fsp3) is 0.429. The van der Waals surface area contributed by atoms with Gasteiger partial charge in [-0.05, 0) is 13.0 Å². The third-order valence-corrected chi connectivity index (χ3v) is 4.19. The number of aromatic amines is 1. The number of hydrogen-bond donors (Lipinski definition) is 2. The van der Waals surface area contributed by atoms with Crippen molar-refractivity contribution < 1.29 is 27.9 Å². The standard InChI is InChI=1S/C14H13F3N4O3/c1-6-8-2-7(3-18-11(8)20-19-6)12(22)21-4-9(13(23)24)10(5-21)14(15,16)17/h2-3,9-10H,4-5H2,1H3,(H,23,24)(H,18,19,20)/t9-,10-/m1/s1. The Balaban J connectivity index is 1.89. The highest BCUT2D eigenvalue weighted by Crippen LogP contribution is 2.38. The topological polar surface area (TPSA) is 99.2 Å². The molecule has 0 radical (unpaired) electrons. The molecule has 0 saturated carbocycles. The Morgan fingerprint density at radius 3 is 2.67 bits per heavy atom. The van der Waals surface area contributed by atoms with E-state index in [9.17, 15) is 22.8 Å². The van der Waals surface area contributed by atoms with Crippen LogP contribution in [0.4, 0.5) is 13.2 Å². The molecule has 1 amide bonds. The van der Waals surface area contributed by atoms with Gasteiger partial charge in [0.25, 0.3) is 5.91 Å². The zero-order valence-electron chi connectivity index (χ0n) is 12.5. The number of rotatable bonds is 2. The molecular formula is C14H13F3N4O3. The second-order valence-electron chi connectivity index (χ2n) is 5.75. The van der Waals surface area contributed by atoms with Crippen LogP contribution in [0.15, 0.2) is 12.3 Å². The number of aromatic nitrogens is 3. The minimum absolute atomic E-state index is 0.0963. The fourth-order valence-electron chi connectivity index (χ4n) is 2.87. The molecule has 1 aliphatic rings. The molecule has 2 aromatic rings. The van der Waals surface area contributed by atoms with Crippen LogP contribution in [0, 0.1) is 18.8 Å². The van der Waals surface area contributed by atoms with Crippen molar-refractivity contribution >= 4 is 22.9 Å². The monoisotopic (exact) mass is 342 g/mol. The number of amides is 1. The smallest absolute Gasteiger partial charge is 0.394 e. The van der Waals surface area contributed by atoms with E-state index in [-0.39, 0.29) is 5.56 Å². The minimum Gasteiger partial charge on any atom is -0.481 e. The number of likely N-dealkylation sites (tertiary alicyclic amines) is 1. The lowest BCUT2D eigenvalue weighted by Crippen LogP contribution is -2.34. The number of alkyl halides is 3. The molecule has 2 N–H and O–H groups in total. The summed E-state index contributed by atoms with van der Waals surface area (Å²) in [6, 6.07) is 1.49. The molecule has 3 heterocycles. The number of carbonyl (C=O) groups excluding carboxylic acids is 1. The highest BCUT2D eigenvalue weighted by atomic mass is 19.4. The Kier molecular flexibility index (Phi) is 3.69. The number of carbonyl (C=O) groups is 2. The Bertz CT molecular complexity index is 817. The summed E-state index contributed by atoms with van der Waals surface area (Å²) in [4.78, 5) is 28.4. The van der Waals surface area contributed by atoms with Crippen LogP contribution in [0.3, 0.4) is 0 Å². The third-order valence-electron chi connectivity index (χ3n) is 4.19. The van der Waals surface area contributed by atoms with Crippen molar-refractivity contribution in [3.05, 3.63) is 23.5 Å². The molecule has 1 fully saturated rings. The highest BCUT2D eigenvalue weighted by molar-refractivity contribution is 5.97. The molecule has 1 aliphatic heterocycles. The van der Waals surface area contributed by atoms with Gasteiger partial charge in [0, 0.05) is 30.4 Å². The highest BCUT2D eigenvalue weighted by Gasteiger charge is 2.53. The largest absolute Gasteiger partial charge is 0.481 e. The number of carboxylic acids is 1. The van der Waals surface area contributed by atoms with Gasteiger partial charge in [0.05, 0.1) is 17.4 Å². The minimum atomic E-state index is -4.68. The Morgan fingerprint density at radius 2 is 2.08 bits per heavy atom. The van der Waals surface area contributed by atoms with E-state index in [4.69, 9.17) is 5.11 Å². The van der Waals surface area contributed by atoms with Crippen LogP contribution in [-0.4, -0.2) is 56.3 Å². The fourth-order valence-corrected chi connectivity index (χ4v) is 2.87. The average molecular weight is 342 g/mol. The summed E-state index contributed by atoms with van der Waals surface area (Å²) in [5.41, 5.74) is 1.16. The quantitative estimate of drug-likeness (QED) is 0.864. The van der Waals surface area contributed by atoms with E-state index in [1.807, 2.05) is 0 Å². The van der Waals surface area contributed by atoms with E-state index in [1.165, 1.54) is 12.3 Å². The van der Waals surface area contributed by atoms with E-state index in [0.717, 1.165) is 4.90 Å². The van der Waals surface area contributed by atoms with Crippen molar-refractivity contribution in [1.82, 2.24) is 20.1 Å². The van der Waals surface area contributed by atoms with E-state index in [0.29, 0.717) is 16.7 Å². The summed E-state index contributed by atoms with van der Waals surface area (Å²) in [5.74, 6) is -5.98. The van der Waals surface area contributed by atoms with Gasteiger partial charge in [-0.3, -0.25) is 14.7 Å². The lowest BCUT2D eigenvalue weighted by molar-refractivity contribution is -0.187. The van der Waals surface area contributed by atoms with Gasteiger partial charge in [0.1, 0.15) is 0 Å². The van der Waals surface area contributed by atoms with E-state index >= 15 is 0 Å². The number of pyridine rings is 1. The number of nitrogens with one attached hydrogen (secondary N) is 1. The van der Waals surface area contributed by atoms with Gasteiger partial charge in [-0.15, -0.1) is 0 Å². The molecule has 2 atom stereocenters. The summed E-state index contributed by atoms with van der Waals surface area (Å²) in [7, 11) is 0. The van der Waals surface area contributed by atoms with Gasteiger partial charge >= 0.3 is 12.1 Å². The van der Waals surface area contributed by atoms with Crippen molar-refractivity contribution in [3.63, 3.8) is 0 Å². The maximum Gasteiger partial charge on any atom is 0.394 e. The molecule has 0 spiro atoms. The number of fused-ring (bicyclic) bond motifs is 1. The maximum absolute atomic E-state index is 13.0. The van der Waals surface area contributed by atoms with Gasteiger partial charge in [-0.25, -0.2) is 4.98 Å². The third kappa shape index (κ3) is 2.68. The van der Waals surface area contributed by atoms with Gasteiger partial charge in [-0.2, -0.15) is 18.3 Å².